The van der Waals surface area contributed by atoms with Crippen LogP contribution in [0.3, 0.4) is 0 Å². The van der Waals surface area contributed by atoms with Gasteiger partial charge >= 0.3 is 5.97 Å². The Bertz CT molecular complexity index is 660. The highest BCUT2D eigenvalue weighted by molar-refractivity contribution is 5.74. The Morgan fingerprint density at radius 2 is 2.09 bits per heavy atom. The van der Waals surface area contributed by atoms with E-state index in [0.29, 0.717) is 6.42 Å². The number of aliphatic carboxylic acids is 1. The first-order chi connectivity index (χ1) is 10.7. The van der Waals surface area contributed by atoms with E-state index < -0.39 is 12.0 Å². The van der Waals surface area contributed by atoms with Gasteiger partial charge in [0.05, 0.1) is 17.4 Å². The van der Waals surface area contributed by atoms with Crippen LogP contribution in [0.15, 0.2) is 42.6 Å². The van der Waals surface area contributed by atoms with Crippen LogP contribution >= 0.6 is 0 Å². The lowest BCUT2D eigenvalue weighted by Crippen LogP contribution is -2.39. The number of aromatic nitrogens is 2. The molecule has 2 aromatic rings. The molecule has 5 heteroatoms. The van der Waals surface area contributed by atoms with Crippen molar-refractivity contribution in [3.8, 4) is 0 Å². The molecule has 2 atom stereocenters. The largest absolute Gasteiger partial charge is 0.480 e. The number of hydrogen-bond donors (Lipinski definition) is 1. The van der Waals surface area contributed by atoms with Crippen molar-refractivity contribution in [2.24, 2.45) is 0 Å². The zero-order valence-electron chi connectivity index (χ0n) is 12.5. The van der Waals surface area contributed by atoms with Crippen molar-refractivity contribution in [1.82, 2.24) is 14.9 Å². The van der Waals surface area contributed by atoms with Gasteiger partial charge in [0.1, 0.15) is 6.04 Å². The minimum absolute atomic E-state index is 0.218. The van der Waals surface area contributed by atoms with Crippen molar-refractivity contribution in [2.45, 2.75) is 31.8 Å². The SMILES string of the molecule is Cc1cccc(C(c2ccccn2)N2CCCC2C(=O)O)n1. The number of rotatable bonds is 4. The summed E-state index contributed by atoms with van der Waals surface area (Å²) in [5.41, 5.74) is 2.62. The van der Waals surface area contributed by atoms with Crippen LogP contribution in [0.2, 0.25) is 0 Å². The number of carbonyl (C=O) groups is 1. The fraction of sp³-hybridized carbons (Fsp3) is 0.353. The third-order valence-electron chi connectivity index (χ3n) is 4.07. The second kappa shape index (κ2) is 6.23. The molecule has 0 amide bonds. The Morgan fingerprint density at radius 1 is 1.27 bits per heavy atom. The van der Waals surface area contributed by atoms with Crippen LogP contribution in [0.4, 0.5) is 0 Å². The summed E-state index contributed by atoms with van der Waals surface area (Å²) in [5.74, 6) is -0.772. The maximum Gasteiger partial charge on any atom is 0.320 e. The zero-order valence-corrected chi connectivity index (χ0v) is 12.5. The summed E-state index contributed by atoms with van der Waals surface area (Å²) in [6, 6.07) is 10.9. The first kappa shape index (κ1) is 14.7. The molecule has 114 valence electrons. The van der Waals surface area contributed by atoms with Crippen LogP contribution in [0.25, 0.3) is 0 Å². The Kier molecular flexibility index (Phi) is 4.15. The predicted octanol–water partition coefficient (Wildman–Crippen LogP) is 2.42. The van der Waals surface area contributed by atoms with Gasteiger partial charge in [-0.15, -0.1) is 0 Å². The molecular weight excluding hydrogens is 278 g/mol. The molecule has 0 aliphatic carbocycles. The molecular formula is C17H19N3O2. The Hall–Kier alpha value is -2.27. The van der Waals surface area contributed by atoms with Gasteiger partial charge in [0.15, 0.2) is 0 Å². The summed E-state index contributed by atoms with van der Waals surface area (Å²) >= 11 is 0. The van der Waals surface area contributed by atoms with Crippen molar-refractivity contribution < 1.29 is 9.90 Å². The molecule has 0 spiro atoms. The van der Waals surface area contributed by atoms with E-state index in [4.69, 9.17) is 0 Å². The molecule has 2 aromatic heterocycles. The van der Waals surface area contributed by atoms with Crippen molar-refractivity contribution in [3.05, 3.63) is 59.7 Å². The van der Waals surface area contributed by atoms with Crippen LogP contribution < -0.4 is 0 Å². The molecule has 3 heterocycles. The molecule has 22 heavy (non-hydrogen) atoms. The number of aryl methyl sites for hydroxylation is 1. The molecule has 5 nitrogen and oxygen atoms in total. The van der Waals surface area contributed by atoms with E-state index in [1.807, 2.05) is 48.2 Å². The standard InChI is InChI=1S/C17H19N3O2/c1-12-6-4-8-14(19-12)16(13-7-2-3-10-18-13)20-11-5-9-15(20)17(21)22/h2-4,6-8,10,15-16H,5,9,11H2,1H3,(H,21,22). The van der Waals surface area contributed by atoms with Crippen molar-refractivity contribution in [1.29, 1.82) is 0 Å². The van der Waals surface area contributed by atoms with Gasteiger partial charge in [-0.25, -0.2) is 0 Å². The molecule has 2 unspecified atom stereocenters. The zero-order chi connectivity index (χ0) is 15.5. The molecule has 3 rings (SSSR count). The van der Waals surface area contributed by atoms with Crippen molar-refractivity contribution in [2.75, 3.05) is 6.54 Å². The Balaban J connectivity index is 2.05. The molecule has 1 N–H and O–H groups in total. The van der Waals surface area contributed by atoms with Gasteiger partial charge in [-0.2, -0.15) is 0 Å². The summed E-state index contributed by atoms with van der Waals surface area (Å²) in [7, 11) is 0. The lowest BCUT2D eigenvalue weighted by atomic mass is 10.0. The Morgan fingerprint density at radius 3 is 2.77 bits per heavy atom. The second-order valence-electron chi connectivity index (χ2n) is 5.60. The number of carboxylic acid groups (broad SMARTS) is 1. The van der Waals surface area contributed by atoms with Crippen molar-refractivity contribution >= 4 is 5.97 Å². The van der Waals surface area contributed by atoms with Crippen LogP contribution in [0.5, 0.6) is 0 Å². The maximum absolute atomic E-state index is 11.6. The van der Waals surface area contributed by atoms with E-state index in [-0.39, 0.29) is 6.04 Å². The monoisotopic (exact) mass is 297 g/mol. The number of hydrogen-bond acceptors (Lipinski definition) is 4. The van der Waals surface area contributed by atoms with E-state index in [1.165, 1.54) is 0 Å². The van der Waals surface area contributed by atoms with Gasteiger partial charge in [0.25, 0.3) is 0 Å². The summed E-state index contributed by atoms with van der Waals surface area (Å²) in [5, 5.41) is 9.50. The number of likely N-dealkylation sites (tertiary alicyclic amines) is 1. The van der Waals surface area contributed by atoms with E-state index in [9.17, 15) is 9.90 Å². The minimum Gasteiger partial charge on any atom is -0.480 e. The molecule has 0 bridgehead atoms. The number of pyridine rings is 2. The van der Waals surface area contributed by atoms with Crippen LogP contribution in [-0.2, 0) is 4.79 Å². The van der Waals surface area contributed by atoms with Gasteiger partial charge in [-0.3, -0.25) is 19.7 Å². The second-order valence-corrected chi connectivity index (χ2v) is 5.60. The number of carboxylic acids is 1. The molecule has 1 aliphatic heterocycles. The van der Waals surface area contributed by atoms with E-state index in [1.54, 1.807) is 6.20 Å². The number of nitrogens with zero attached hydrogens (tertiary/aromatic N) is 3. The van der Waals surface area contributed by atoms with Gasteiger partial charge in [-0.1, -0.05) is 12.1 Å². The normalized spacial score (nSPS) is 20.0. The summed E-state index contributed by atoms with van der Waals surface area (Å²) < 4.78 is 0. The summed E-state index contributed by atoms with van der Waals surface area (Å²) in [6.07, 6.45) is 3.29. The van der Waals surface area contributed by atoms with Gasteiger partial charge in [0.2, 0.25) is 0 Å². The fourth-order valence-electron chi connectivity index (χ4n) is 3.11. The highest BCUT2D eigenvalue weighted by Gasteiger charge is 2.37. The molecule has 0 saturated carbocycles. The van der Waals surface area contributed by atoms with Crippen molar-refractivity contribution in [3.63, 3.8) is 0 Å². The topological polar surface area (TPSA) is 66.3 Å². The molecule has 1 aliphatic rings. The quantitative estimate of drug-likeness (QED) is 0.939. The molecule has 1 fully saturated rings. The minimum atomic E-state index is -0.772. The first-order valence-electron chi connectivity index (χ1n) is 7.50. The average Bonchev–Trinajstić information content (AvgIpc) is 2.98. The molecule has 1 saturated heterocycles. The van der Waals surface area contributed by atoms with E-state index in [0.717, 1.165) is 30.0 Å². The maximum atomic E-state index is 11.6. The van der Waals surface area contributed by atoms with Crippen LogP contribution in [0.1, 0.15) is 36.0 Å². The molecule has 0 radical (unpaired) electrons. The van der Waals surface area contributed by atoms with Gasteiger partial charge in [-0.05, 0) is 44.0 Å². The van der Waals surface area contributed by atoms with E-state index in [2.05, 4.69) is 9.97 Å². The first-order valence-corrected chi connectivity index (χ1v) is 7.50. The van der Waals surface area contributed by atoms with E-state index >= 15 is 0 Å². The third kappa shape index (κ3) is 2.85. The lowest BCUT2D eigenvalue weighted by Gasteiger charge is -2.30. The average molecular weight is 297 g/mol. The highest BCUT2D eigenvalue weighted by atomic mass is 16.4. The molecule has 0 aromatic carbocycles. The van der Waals surface area contributed by atoms with Crippen LogP contribution in [0, 0.1) is 6.92 Å². The third-order valence-corrected chi connectivity index (χ3v) is 4.07. The predicted molar refractivity (Wildman–Crippen MR) is 82.4 cm³/mol. The summed E-state index contributed by atoms with van der Waals surface area (Å²) in [6.45, 7) is 2.69. The summed E-state index contributed by atoms with van der Waals surface area (Å²) in [4.78, 5) is 22.6. The Labute approximate surface area is 129 Å². The fourth-order valence-corrected chi connectivity index (χ4v) is 3.11. The van der Waals surface area contributed by atoms with Gasteiger partial charge < -0.3 is 5.11 Å². The highest BCUT2D eigenvalue weighted by Crippen LogP contribution is 2.33. The van der Waals surface area contributed by atoms with Gasteiger partial charge in [0, 0.05) is 18.4 Å². The van der Waals surface area contributed by atoms with Crippen LogP contribution in [-0.4, -0.2) is 38.5 Å². The lowest BCUT2D eigenvalue weighted by molar-refractivity contribution is -0.142. The smallest absolute Gasteiger partial charge is 0.320 e.